The number of fused-ring (bicyclic) bond motifs is 2. The average molecular weight is 347 g/mol. The molecule has 0 spiro atoms. The van der Waals surface area contributed by atoms with E-state index >= 15 is 0 Å². The lowest BCUT2D eigenvalue weighted by atomic mass is 10.2. The second-order valence-corrected chi connectivity index (χ2v) is 5.84. The van der Waals surface area contributed by atoms with Crippen molar-refractivity contribution in [1.82, 2.24) is 29.5 Å². The molecule has 106 valence electrons. The molecular weight excluding hydrogens is 336 g/mol. The molecule has 3 aromatic rings. The van der Waals surface area contributed by atoms with Crippen LogP contribution in [0, 0.1) is 0 Å². The third kappa shape index (κ3) is 2.11. The third-order valence-electron chi connectivity index (χ3n) is 3.56. The summed E-state index contributed by atoms with van der Waals surface area (Å²) < 4.78 is 4.45. The second kappa shape index (κ2) is 4.66. The molecule has 4 heterocycles. The minimum absolute atomic E-state index is 0.0673. The van der Waals surface area contributed by atoms with Crippen molar-refractivity contribution in [1.29, 1.82) is 0 Å². The van der Waals surface area contributed by atoms with Crippen LogP contribution < -0.4 is 0 Å². The maximum atomic E-state index is 12.6. The van der Waals surface area contributed by atoms with Gasteiger partial charge in [-0.15, -0.1) is 5.10 Å². The van der Waals surface area contributed by atoms with E-state index in [1.807, 2.05) is 23.0 Å². The molecule has 0 aromatic carbocycles. The van der Waals surface area contributed by atoms with Gasteiger partial charge in [0.1, 0.15) is 0 Å². The predicted octanol–water partition coefficient (Wildman–Crippen LogP) is 1.34. The predicted molar refractivity (Wildman–Crippen MR) is 77.7 cm³/mol. The van der Waals surface area contributed by atoms with Crippen LogP contribution in [0.4, 0.5) is 0 Å². The Labute approximate surface area is 128 Å². The summed E-state index contributed by atoms with van der Waals surface area (Å²) in [6.07, 6.45) is 3.53. The zero-order valence-corrected chi connectivity index (χ0v) is 12.6. The van der Waals surface area contributed by atoms with Gasteiger partial charge in [-0.1, -0.05) is 5.21 Å². The van der Waals surface area contributed by atoms with Crippen molar-refractivity contribution < 1.29 is 4.79 Å². The lowest BCUT2D eigenvalue weighted by Crippen LogP contribution is -2.38. The summed E-state index contributed by atoms with van der Waals surface area (Å²) in [6, 6.07) is 5.65. The number of aromatic nitrogens is 5. The quantitative estimate of drug-likeness (QED) is 0.666. The van der Waals surface area contributed by atoms with Crippen LogP contribution in [0.25, 0.3) is 5.52 Å². The van der Waals surface area contributed by atoms with Crippen molar-refractivity contribution in [2.75, 3.05) is 6.54 Å². The Morgan fingerprint density at radius 3 is 3.10 bits per heavy atom. The number of pyridine rings is 1. The van der Waals surface area contributed by atoms with Gasteiger partial charge in [0.25, 0.3) is 5.91 Å². The number of nitrogens with zero attached hydrogens (tertiary/aromatic N) is 6. The maximum absolute atomic E-state index is 12.6. The molecule has 0 fully saturated rings. The van der Waals surface area contributed by atoms with Gasteiger partial charge in [-0.25, -0.2) is 9.20 Å². The van der Waals surface area contributed by atoms with Gasteiger partial charge in [0.15, 0.2) is 5.69 Å². The summed E-state index contributed by atoms with van der Waals surface area (Å²) in [7, 11) is 0. The number of hydrogen-bond donors (Lipinski definition) is 0. The minimum atomic E-state index is -0.0673. The first-order valence-electron chi connectivity index (χ1n) is 6.52. The van der Waals surface area contributed by atoms with Crippen molar-refractivity contribution in [3.63, 3.8) is 0 Å². The molecule has 1 aliphatic rings. The number of carbonyl (C=O) groups is 1. The fourth-order valence-electron chi connectivity index (χ4n) is 2.48. The van der Waals surface area contributed by atoms with Gasteiger partial charge < -0.3 is 4.90 Å². The first-order valence-corrected chi connectivity index (χ1v) is 7.31. The van der Waals surface area contributed by atoms with Crippen LogP contribution in [-0.4, -0.2) is 42.0 Å². The molecule has 0 aliphatic carbocycles. The minimum Gasteiger partial charge on any atom is -0.329 e. The number of hydrogen-bond acceptors (Lipinski definition) is 4. The van der Waals surface area contributed by atoms with Crippen molar-refractivity contribution in [2.45, 2.75) is 13.1 Å². The lowest BCUT2D eigenvalue weighted by Gasteiger charge is -2.26. The van der Waals surface area contributed by atoms with Crippen molar-refractivity contribution in [2.24, 2.45) is 0 Å². The van der Waals surface area contributed by atoms with Gasteiger partial charge in [0.05, 0.1) is 30.5 Å². The highest BCUT2D eigenvalue weighted by Gasteiger charge is 2.24. The van der Waals surface area contributed by atoms with E-state index in [-0.39, 0.29) is 5.91 Å². The van der Waals surface area contributed by atoms with Crippen LogP contribution in [-0.2, 0) is 13.1 Å². The molecule has 7 nitrogen and oxygen atoms in total. The molecule has 0 saturated heterocycles. The summed E-state index contributed by atoms with van der Waals surface area (Å²) >= 11 is 3.40. The highest BCUT2D eigenvalue weighted by atomic mass is 79.9. The van der Waals surface area contributed by atoms with E-state index in [4.69, 9.17) is 0 Å². The van der Waals surface area contributed by atoms with Crippen LogP contribution in [0.5, 0.6) is 0 Å². The third-order valence-corrected chi connectivity index (χ3v) is 4.03. The van der Waals surface area contributed by atoms with Crippen LogP contribution in [0.1, 0.15) is 16.2 Å². The van der Waals surface area contributed by atoms with Crippen LogP contribution >= 0.6 is 15.9 Å². The molecule has 0 radical (unpaired) electrons. The van der Waals surface area contributed by atoms with E-state index in [1.165, 1.54) is 0 Å². The molecule has 0 atom stereocenters. The summed E-state index contributed by atoms with van der Waals surface area (Å²) in [4.78, 5) is 14.3. The van der Waals surface area contributed by atoms with E-state index in [0.29, 0.717) is 25.3 Å². The molecule has 4 rings (SSSR count). The van der Waals surface area contributed by atoms with Gasteiger partial charge in [-0.3, -0.25) is 4.79 Å². The highest BCUT2D eigenvalue weighted by molar-refractivity contribution is 9.10. The van der Waals surface area contributed by atoms with Gasteiger partial charge in [0.2, 0.25) is 0 Å². The molecule has 0 N–H and O–H groups in total. The normalized spacial score (nSPS) is 14.4. The van der Waals surface area contributed by atoms with Gasteiger partial charge >= 0.3 is 0 Å². The van der Waals surface area contributed by atoms with Crippen molar-refractivity contribution in [3.8, 4) is 0 Å². The Balaban J connectivity index is 1.64. The molecule has 0 bridgehead atoms. The van der Waals surface area contributed by atoms with E-state index in [2.05, 4.69) is 31.3 Å². The SMILES string of the molecule is O=C(c1cc2ccc(Br)cn2n1)N1CCn2nncc2C1. The summed E-state index contributed by atoms with van der Waals surface area (Å²) in [5, 5.41) is 12.2. The smallest absolute Gasteiger partial charge is 0.274 e. The molecule has 1 aliphatic heterocycles. The molecule has 8 heteroatoms. The van der Waals surface area contributed by atoms with Crippen molar-refractivity contribution >= 4 is 27.4 Å². The lowest BCUT2D eigenvalue weighted by molar-refractivity contribution is 0.0699. The summed E-state index contributed by atoms with van der Waals surface area (Å²) in [5.41, 5.74) is 2.29. The Kier molecular flexibility index (Phi) is 2.78. The van der Waals surface area contributed by atoms with E-state index < -0.39 is 0 Å². The number of rotatable bonds is 1. The molecule has 21 heavy (non-hydrogen) atoms. The molecular formula is C13H11BrN6O. The van der Waals surface area contributed by atoms with Crippen molar-refractivity contribution in [3.05, 3.63) is 46.5 Å². The Hall–Kier alpha value is -2.22. The van der Waals surface area contributed by atoms with Gasteiger partial charge in [0, 0.05) is 17.2 Å². The molecule has 3 aromatic heterocycles. The zero-order chi connectivity index (χ0) is 14.4. The van der Waals surface area contributed by atoms with E-state index in [9.17, 15) is 4.79 Å². The Bertz CT molecular complexity index is 838. The van der Waals surface area contributed by atoms with Crippen LogP contribution in [0.2, 0.25) is 0 Å². The molecule has 0 saturated carbocycles. The van der Waals surface area contributed by atoms with E-state index in [1.54, 1.807) is 21.7 Å². The largest absolute Gasteiger partial charge is 0.329 e. The first-order chi connectivity index (χ1) is 10.2. The van der Waals surface area contributed by atoms with E-state index in [0.717, 1.165) is 15.7 Å². The Morgan fingerprint density at radius 1 is 1.29 bits per heavy atom. The monoisotopic (exact) mass is 346 g/mol. The molecule has 0 unspecified atom stereocenters. The first kappa shape index (κ1) is 12.5. The number of carbonyl (C=O) groups excluding carboxylic acids is 1. The topological polar surface area (TPSA) is 68.3 Å². The van der Waals surface area contributed by atoms with Crippen LogP contribution in [0.15, 0.2) is 35.1 Å². The number of halogens is 1. The standard InChI is InChI=1S/C13H11BrN6O/c14-9-1-2-10-5-12(16-20(10)7-9)13(21)18-3-4-19-11(8-18)6-15-17-19/h1-2,5-7H,3-4,8H2. The maximum Gasteiger partial charge on any atom is 0.274 e. The number of amides is 1. The van der Waals surface area contributed by atoms with Gasteiger partial charge in [-0.2, -0.15) is 5.10 Å². The van der Waals surface area contributed by atoms with Gasteiger partial charge in [-0.05, 0) is 34.1 Å². The molecule has 1 amide bonds. The summed E-state index contributed by atoms with van der Waals surface area (Å²) in [6.45, 7) is 1.80. The summed E-state index contributed by atoms with van der Waals surface area (Å²) in [5.74, 6) is -0.0673. The average Bonchev–Trinajstić information content (AvgIpc) is 3.11. The second-order valence-electron chi connectivity index (χ2n) is 4.92. The van der Waals surface area contributed by atoms with Crippen LogP contribution in [0.3, 0.4) is 0 Å². The fraction of sp³-hybridized carbons (Fsp3) is 0.231. The highest BCUT2D eigenvalue weighted by Crippen LogP contribution is 2.16. The fourth-order valence-corrected chi connectivity index (χ4v) is 2.81. The Morgan fingerprint density at radius 2 is 2.19 bits per heavy atom. The zero-order valence-electron chi connectivity index (χ0n) is 11.0.